The van der Waals surface area contributed by atoms with E-state index < -0.39 is 0 Å². The maximum Gasteiger partial charge on any atom is 0.126 e. The highest BCUT2D eigenvalue weighted by Gasteiger charge is 2.13. The van der Waals surface area contributed by atoms with Gasteiger partial charge in [-0.2, -0.15) is 5.10 Å². The highest BCUT2D eigenvalue weighted by molar-refractivity contribution is 5.90. The van der Waals surface area contributed by atoms with Crippen LogP contribution < -0.4 is 0 Å². The fourth-order valence-corrected chi connectivity index (χ4v) is 3.03. The van der Waals surface area contributed by atoms with E-state index in [9.17, 15) is 4.39 Å². The molecule has 118 valence electrons. The zero-order valence-electron chi connectivity index (χ0n) is 13.5. The molecular formula is C20H16FN3. The molecule has 2 aromatic carbocycles. The number of pyridine rings is 1. The summed E-state index contributed by atoms with van der Waals surface area (Å²) in [4.78, 5) is 4.56. The largest absolute Gasteiger partial charge is 0.278 e. The van der Waals surface area contributed by atoms with E-state index in [2.05, 4.69) is 40.3 Å². The number of nitrogens with one attached hydrogen (secondary N) is 1. The lowest BCUT2D eigenvalue weighted by Crippen LogP contribution is -1.92. The summed E-state index contributed by atoms with van der Waals surface area (Å²) in [7, 11) is 0. The van der Waals surface area contributed by atoms with Gasteiger partial charge in [-0.1, -0.05) is 6.07 Å². The topological polar surface area (TPSA) is 41.6 Å². The number of rotatable bonds is 2. The van der Waals surface area contributed by atoms with Crippen LogP contribution in [-0.2, 0) is 0 Å². The van der Waals surface area contributed by atoms with Crippen LogP contribution in [0.25, 0.3) is 33.3 Å². The van der Waals surface area contributed by atoms with E-state index in [1.165, 1.54) is 6.07 Å². The van der Waals surface area contributed by atoms with Crippen molar-refractivity contribution in [2.45, 2.75) is 13.8 Å². The van der Waals surface area contributed by atoms with Crippen molar-refractivity contribution in [2.24, 2.45) is 0 Å². The Hall–Kier alpha value is -3.01. The van der Waals surface area contributed by atoms with Gasteiger partial charge in [0.1, 0.15) is 5.82 Å². The van der Waals surface area contributed by atoms with E-state index in [0.29, 0.717) is 5.56 Å². The molecule has 24 heavy (non-hydrogen) atoms. The van der Waals surface area contributed by atoms with Crippen LogP contribution in [0.4, 0.5) is 4.39 Å². The van der Waals surface area contributed by atoms with E-state index in [4.69, 9.17) is 0 Å². The number of aromatic nitrogens is 3. The molecule has 0 fully saturated rings. The van der Waals surface area contributed by atoms with Gasteiger partial charge in [-0.25, -0.2) is 4.39 Å². The molecule has 0 aliphatic heterocycles. The van der Waals surface area contributed by atoms with Crippen LogP contribution in [-0.4, -0.2) is 15.2 Å². The molecule has 3 nitrogen and oxygen atoms in total. The van der Waals surface area contributed by atoms with E-state index in [0.717, 1.165) is 38.9 Å². The number of halogens is 1. The molecule has 0 unspecified atom stereocenters. The van der Waals surface area contributed by atoms with Crippen molar-refractivity contribution >= 4 is 10.9 Å². The fraction of sp³-hybridized carbons (Fsp3) is 0.100. The first-order valence-corrected chi connectivity index (χ1v) is 7.79. The van der Waals surface area contributed by atoms with Crippen molar-refractivity contribution in [2.75, 3.05) is 0 Å². The fourth-order valence-electron chi connectivity index (χ4n) is 3.03. The van der Waals surface area contributed by atoms with Gasteiger partial charge in [0.15, 0.2) is 0 Å². The van der Waals surface area contributed by atoms with Gasteiger partial charge in [0.05, 0.1) is 17.4 Å². The van der Waals surface area contributed by atoms with Crippen LogP contribution in [0.3, 0.4) is 0 Å². The Kier molecular flexibility index (Phi) is 3.38. The monoisotopic (exact) mass is 317 g/mol. The predicted octanol–water partition coefficient (Wildman–Crippen LogP) is 5.05. The number of benzene rings is 2. The lowest BCUT2D eigenvalue weighted by atomic mass is 9.94. The molecule has 4 rings (SSSR count). The molecule has 4 heteroatoms. The van der Waals surface area contributed by atoms with Crippen molar-refractivity contribution in [3.05, 3.63) is 71.8 Å². The highest BCUT2D eigenvalue weighted by atomic mass is 19.1. The molecule has 0 radical (unpaired) electrons. The van der Waals surface area contributed by atoms with Crippen LogP contribution in [0.15, 0.2) is 54.9 Å². The molecule has 0 atom stereocenters. The number of fused-ring (bicyclic) bond motifs is 1. The van der Waals surface area contributed by atoms with Crippen molar-refractivity contribution in [3.63, 3.8) is 0 Å². The first-order chi connectivity index (χ1) is 11.6. The Morgan fingerprint density at radius 2 is 1.83 bits per heavy atom. The van der Waals surface area contributed by atoms with Crippen LogP contribution in [0.1, 0.15) is 11.1 Å². The zero-order valence-corrected chi connectivity index (χ0v) is 13.5. The van der Waals surface area contributed by atoms with Gasteiger partial charge >= 0.3 is 0 Å². The van der Waals surface area contributed by atoms with E-state index in [1.54, 1.807) is 19.2 Å². The molecule has 0 aliphatic rings. The van der Waals surface area contributed by atoms with Crippen LogP contribution >= 0.6 is 0 Å². The third-order valence-corrected chi connectivity index (χ3v) is 4.31. The first-order valence-electron chi connectivity index (χ1n) is 7.79. The molecule has 2 aromatic heterocycles. The summed E-state index contributed by atoms with van der Waals surface area (Å²) in [6, 6.07) is 13.3. The molecule has 0 bridgehead atoms. The summed E-state index contributed by atoms with van der Waals surface area (Å²) in [5.41, 5.74) is 6.67. The second-order valence-electron chi connectivity index (χ2n) is 5.99. The van der Waals surface area contributed by atoms with Gasteiger partial charge in [-0.05, 0) is 66.9 Å². The standard InChI is InChI=1S/C20H16FN3/c1-12-9-19-15(11-23-24-19)10-17(12)16-4-3-7-22-20(16)14-5-6-18(21)13(2)8-14/h3-11H,1-2H3,(H,23,24). The molecule has 4 aromatic rings. The quantitative estimate of drug-likeness (QED) is 0.562. The molecule has 0 amide bonds. The SMILES string of the molecule is Cc1cc(-c2ncccc2-c2cc3cn[nH]c3cc2C)ccc1F. The summed E-state index contributed by atoms with van der Waals surface area (Å²) in [6.45, 7) is 3.84. The second-order valence-corrected chi connectivity index (χ2v) is 5.99. The molecule has 0 spiro atoms. The van der Waals surface area contributed by atoms with Gasteiger partial charge in [-0.3, -0.25) is 10.1 Å². The van der Waals surface area contributed by atoms with Crippen LogP contribution in [0.5, 0.6) is 0 Å². The van der Waals surface area contributed by atoms with Gasteiger partial charge in [0, 0.05) is 22.7 Å². The Labute approximate surface area is 139 Å². The summed E-state index contributed by atoms with van der Waals surface area (Å²) < 4.78 is 13.6. The Morgan fingerprint density at radius 3 is 2.67 bits per heavy atom. The van der Waals surface area contributed by atoms with Gasteiger partial charge < -0.3 is 0 Å². The third kappa shape index (κ3) is 2.36. The number of aryl methyl sites for hydroxylation is 2. The highest BCUT2D eigenvalue weighted by Crippen LogP contribution is 2.34. The predicted molar refractivity (Wildman–Crippen MR) is 94.2 cm³/mol. The average molecular weight is 317 g/mol. The minimum atomic E-state index is -0.202. The van der Waals surface area contributed by atoms with Crippen LogP contribution in [0, 0.1) is 19.7 Å². The Morgan fingerprint density at radius 1 is 0.958 bits per heavy atom. The molecule has 0 saturated carbocycles. The molecule has 1 N–H and O–H groups in total. The van der Waals surface area contributed by atoms with Crippen molar-refractivity contribution in [3.8, 4) is 22.4 Å². The number of aromatic amines is 1. The number of nitrogens with zero attached hydrogens (tertiary/aromatic N) is 2. The Bertz CT molecular complexity index is 1050. The molecule has 2 heterocycles. The molecular weight excluding hydrogens is 301 g/mol. The third-order valence-electron chi connectivity index (χ3n) is 4.31. The Balaban J connectivity index is 1.95. The van der Waals surface area contributed by atoms with Gasteiger partial charge in [-0.15, -0.1) is 0 Å². The maximum atomic E-state index is 13.6. The van der Waals surface area contributed by atoms with Crippen molar-refractivity contribution < 1.29 is 4.39 Å². The lowest BCUT2D eigenvalue weighted by Gasteiger charge is -2.12. The average Bonchev–Trinajstić information content (AvgIpc) is 3.04. The second kappa shape index (κ2) is 5.57. The number of hydrogen-bond acceptors (Lipinski definition) is 2. The summed E-state index contributed by atoms with van der Waals surface area (Å²) in [6.07, 6.45) is 3.58. The minimum absolute atomic E-state index is 0.202. The van der Waals surface area contributed by atoms with Crippen LogP contribution in [0.2, 0.25) is 0 Å². The van der Waals surface area contributed by atoms with Crippen molar-refractivity contribution in [1.29, 1.82) is 0 Å². The number of H-pyrrole nitrogens is 1. The summed E-state index contributed by atoms with van der Waals surface area (Å²) in [5.74, 6) is -0.202. The zero-order chi connectivity index (χ0) is 16.7. The minimum Gasteiger partial charge on any atom is -0.278 e. The maximum absolute atomic E-state index is 13.6. The smallest absolute Gasteiger partial charge is 0.126 e. The first kappa shape index (κ1) is 14.6. The van der Waals surface area contributed by atoms with Crippen molar-refractivity contribution in [1.82, 2.24) is 15.2 Å². The summed E-state index contributed by atoms with van der Waals surface area (Å²) in [5, 5.41) is 8.14. The summed E-state index contributed by atoms with van der Waals surface area (Å²) >= 11 is 0. The van der Waals surface area contributed by atoms with Gasteiger partial charge in [0.25, 0.3) is 0 Å². The van der Waals surface area contributed by atoms with E-state index in [1.807, 2.05) is 18.3 Å². The van der Waals surface area contributed by atoms with Gasteiger partial charge in [0.2, 0.25) is 0 Å². The molecule has 0 saturated heterocycles. The van der Waals surface area contributed by atoms with E-state index >= 15 is 0 Å². The van der Waals surface area contributed by atoms with E-state index in [-0.39, 0.29) is 5.82 Å². The number of hydrogen-bond donors (Lipinski definition) is 1. The lowest BCUT2D eigenvalue weighted by molar-refractivity contribution is 0.619. The normalized spacial score (nSPS) is 11.1. The molecule has 0 aliphatic carbocycles.